The highest BCUT2D eigenvalue weighted by Crippen LogP contribution is 2.23. The summed E-state index contributed by atoms with van der Waals surface area (Å²) in [5.74, 6) is 0.547. The van der Waals surface area contributed by atoms with Crippen molar-refractivity contribution in [2.75, 3.05) is 26.0 Å². The van der Waals surface area contributed by atoms with Gasteiger partial charge in [-0.25, -0.2) is 8.42 Å². The SMILES string of the molecule is CS(=O)(=O)c1ccc(OCC(O)CN2CCCC[C@@H]2Cc2cccc(Cl)c2)cc1. The van der Waals surface area contributed by atoms with E-state index in [0.29, 0.717) is 18.3 Å². The minimum Gasteiger partial charge on any atom is -0.491 e. The Bertz CT molecular complexity index is 901. The van der Waals surface area contributed by atoms with Crippen molar-refractivity contribution in [2.24, 2.45) is 0 Å². The Morgan fingerprint density at radius 3 is 2.66 bits per heavy atom. The van der Waals surface area contributed by atoms with Crippen LogP contribution in [-0.4, -0.2) is 56.5 Å². The minimum absolute atomic E-state index is 0.165. The highest BCUT2D eigenvalue weighted by Gasteiger charge is 2.25. The summed E-state index contributed by atoms with van der Waals surface area (Å²) in [4.78, 5) is 2.59. The first-order valence-corrected chi connectivity index (χ1v) is 12.2. The van der Waals surface area contributed by atoms with Crippen molar-refractivity contribution in [3.8, 4) is 5.75 Å². The van der Waals surface area contributed by atoms with Crippen LogP contribution < -0.4 is 4.74 Å². The molecule has 1 aliphatic rings. The Morgan fingerprint density at radius 2 is 1.97 bits per heavy atom. The van der Waals surface area contributed by atoms with E-state index in [1.54, 1.807) is 12.1 Å². The number of β-amino-alcohol motifs (C(OH)–C–C–N with tert-alkyl or cyclic N) is 1. The Morgan fingerprint density at radius 1 is 1.21 bits per heavy atom. The van der Waals surface area contributed by atoms with Crippen molar-refractivity contribution < 1.29 is 18.3 Å². The fraction of sp³-hybridized carbons (Fsp3) is 0.455. The second-order valence-electron chi connectivity index (χ2n) is 7.69. The zero-order valence-electron chi connectivity index (χ0n) is 16.6. The first-order chi connectivity index (χ1) is 13.8. The van der Waals surface area contributed by atoms with Crippen LogP contribution in [0.5, 0.6) is 5.75 Å². The first-order valence-electron chi connectivity index (χ1n) is 9.91. The summed E-state index contributed by atoms with van der Waals surface area (Å²) in [5.41, 5.74) is 1.21. The highest BCUT2D eigenvalue weighted by atomic mass is 35.5. The lowest BCUT2D eigenvalue weighted by atomic mass is 9.95. The summed E-state index contributed by atoms with van der Waals surface area (Å²) in [6.07, 6.45) is 4.90. The lowest BCUT2D eigenvalue weighted by Crippen LogP contribution is -2.46. The standard InChI is InChI=1S/C22H28ClNO4S/c1-29(26,27)22-10-8-21(9-11-22)28-16-20(25)15-24-12-3-2-7-19(24)14-17-5-4-6-18(23)13-17/h4-6,8-11,13,19-20,25H,2-3,7,12,14-16H2,1H3/t19-,20?/m1/s1. The Balaban J connectivity index is 1.53. The number of sulfone groups is 1. The molecule has 0 saturated carbocycles. The van der Waals surface area contributed by atoms with E-state index >= 15 is 0 Å². The van der Waals surface area contributed by atoms with E-state index in [0.717, 1.165) is 30.8 Å². The van der Waals surface area contributed by atoms with Crippen molar-refractivity contribution in [1.29, 1.82) is 0 Å². The number of hydrogen-bond acceptors (Lipinski definition) is 5. The molecule has 1 unspecified atom stereocenters. The van der Waals surface area contributed by atoms with Gasteiger partial charge in [-0.1, -0.05) is 30.2 Å². The van der Waals surface area contributed by atoms with Crippen LogP contribution in [0.15, 0.2) is 53.4 Å². The second kappa shape index (κ2) is 9.94. The molecule has 158 valence electrons. The van der Waals surface area contributed by atoms with E-state index in [2.05, 4.69) is 11.0 Å². The monoisotopic (exact) mass is 437 g/mol. The van der Waals surface area contributed by atoms with Crippen LogP contribution in [-0.2, 0) is 16.3 Å². The predicted octanol–water partition coefficient (Wildman–Crippen LogP) is 3.58. The summed E-state index contributed by atoms with van der Waals surface area (Å²) in [5, 5.41) is 11.2. The number of aliphatic hydroxyl groups is 1. The van der Waals surface area contributed by atoms with Gasteiger partial charge in [0.2, 0.25) is 0 Å². The number of benzene rings is 2. The van der Waals surface area contributed by atoms with Crippen LogP contribution in [0.4, 0.5) is 0 Å². The maximum Gasteiger partial charge on any atom is 0.175 e. The topological polar surface area (TPSA) is 66.8 Å². The van der Waals surface area contributed by atoms with Gasteiger partial charge in [-0.05, 0) is 67.8 Å². The summed E-state index contributed by atoms with van der Waals surface area (Å²) >= 11 is 6.11. The zero-order chi connectivity index (χ0) is 20.9. The lowest BCUT2D eigenvalue weighted by Gasteiger charge is -2.37. The fourth-order valence-electron chi connectivity index (χ4n) is 3.77. The molecule has 1 heterocycles. The van der Waals surface area contributed by atoms with Gasteiger partial charge < -0.3 is 9.84 Å². The fourth-order valence-corrected chi connectivity index (χ4v) is 4.61. The van der Waals surface area contributed by atoms with E-state index in [4.69, 9.17) is 16.3 Å². The maximum atomic E-state index is 11.5. The van der Waals surface area contributed by atoms with Crippen LogP contribution in [0.25, 0.3) is 0 Å². The van der Waals surface area contributed by atoms with Crippen molar-refractivity contribution >= 4 is 21.4 Å². The van der Waals surface area contributed by atoms with Crippen molar-refractivity contribution in [1.82, 2.24) is 4.90 Å². The Hall–Kier alpha value is -1.60. The van der Waals surface area contributed by atoms with E-state index in [1.165, 1.54) is 30.4 Å². The van der Waals surface area contributed by atoms with Gasteiger partial charge in [0.05, 0.1) is 4.90 Å². The molecule has 0 aliphatic carbocycles. The van der Waals surface area contributed by atoms with Crippen LogP contribution >= 0.6 is 11.6 Å². The van der Waals surface area contributed by atoms with Gasteiger partial charge in [-0.2, -0.15) is 0 Å². The summed E-state index contributed by atoms with van der Waals surface area (Å²) in [7, 11) is -3.22. The van der Waals surface area contributed by atoms with Crippen LogP contribution in [0.1, 0.15) is 24.8 Å². The maximum absolute atomic E-state index is 11.5. The summed E-state index contributed by atoms with van der Waals surface area (Å²) < 4.78 is 28.7. The third kappa shape index (κ3) is 6.71. The van der Waals surface area contributed by atoms with E-state index in [1.807, 2.05) is 18.2 Å². The Kier molecular flexibility index (Phi) is 7.57. The molecule has 5 nitrogen and oxygen atoms in total. The van der Waals surface area contributed by atoms with Crippen molar-refractivity contribution in [3.05, 3.63) is 59.1 Å². The van der Waals surface area contributed by atoms with Gasteiger partial charge in [0.15, 0.2) is 9.84 Å². The highest BCUT2D eigenvalue weighted by molar-refractivity contribution is 7.90. The molecule has 0 amide bonds. The van der Waals surface area contributed by atoms with Gasteiger partial charge in [0, 0.05) is 23.9 Å². The lowest BCUT2D eigenvalue weighted by molar-refractivity contribution is 0.0397. The molecular weight excluding hydrogens is 410 g/mol. The largest absolute Gasteiger partial charge is 0.491 e. The summed E-state index contributed by atoms with van der Waals surface area (Å²) in [6.45, 7) is 1.68. The predicted molar refractivity (Wildman–Crippen MR) is 115 cm³/mol. The van der Waals surface area contributed by atoms with Gasteiger partial charge >= 0.3 is 0 Å². The number of halogens is 1. The molecule has 1 aliphatic heterocycles. The first kappa shape index (κ1) is 22.1. The number of aliphatic hydroxyl groups excluding tert-OH is 1. The van der Waals surface area contributed by atoms with Crippen molar-refractivity contribution in [3.63, 3.8) is 0 Å². The van der Waals surface area contributed by atoms with Gasteiger partial charge in [-0.3, -0.25) is 4.90 Å². The molecule has 2 aromatic rings. The second-order valence-corrected chi connectivity index (χ2v) is 10.1. The number of piperidine rings is 1. The average Bonchev–Trinajstić information content (AvgIpc) is 2.68. The molecule has 0 bridgehead atoms. The molecule has 1 saturated heterocycles. The molecular formula is C22H28ClNO4S. The van der Waals surface area contributed by atoms with Gasteiger partial charge in [0.25, 0.3) is 0 Å². The van der Waals surface area contributed by atoms with Gasteiger partial charge in [-0.15, -0.1) is 0 Å². The molecule has 1 fully saturated rings. The molecule has 2 aromatic carbocycles. The van der Waals surface area contributed by atoms with E-state index in [9.17, 15) is 13.5 Å². The molecule has 1 N–H and O–H groups in total. The number of ether oxygens (including phenoxy) is 1. The smallest absolute Gasteiger partial charge is 0.175 e. The average molecular weight is 438 g/mol. The van der Waals surface area contributed by atoms with E-state index in [-0.39, 0.29) is 11.5 Å². The normalized spacial score (nSPS) is 19.1. The molecule has 3 rings (SSSR count). The molecule has 0 radical (unpaired) electrons. The summed E-state index contributed by atoms with van der Waals surface area (Å²) in [6, 6.07) is 14.6. The van der Waals surface area contributed by atoms with Crippen LogP contribution in [0.3, 0.4) is 0 Å². The molecule has 0 spiro atoms. The van der Waals surface area contributed by atoms with Crippen molar-refractivity contribution in [2.45, 2.75) is 42.7 Å². The molecule has 7 heteroatoms. The third-order valence-corrected chi connectivity index (χ3v) is 6.61. The number of likely N-dealkylation sites (tertiary alicyclic amines) is 1. The molecule has 0 aromatic heterocycles. The number of nitrogens with zero attached hydrogens (tertiary/aromatic N) is 1. The quantitative estimate of drug-likeness (QED) is 0.683. The number of rotatable bonds is 8. The molecule has 29 heavy (non-hydrogen) atoms. The minimum atomic E-state index is -3.22. The van der Waals surface area contributed by atoms with E-state index < -0.39 is 15.9 Å². The third-order valence-electron chi connectivity index (χ3n) is 5.25. The zero-order valence-corrected chi connectivity index (χ0v) is 18.2. The number of hydrogen-bond donors (Lipinski definition) is 1. The van der Waals surface area contributed by atoms with Gasteiger partial charge in [0.1, 0.15) is 18.5 Å². The van der Waals surface area contributed by atoms with Crippen LogP contribution in [0.2, 0.25) is 5.02 Å². The molecule has 2 atom stereocenters. The van der Waals surface area contributed by atoms with Crippen LogP contribution in [0, 0.1) is 0 Å². The Labute approximate surface area is 178 Å².